The van der Waals surface area contributed by atoms with Crippen LogP contribution in [0.5, 0.6) is 0 Å². The number of amides is 1. The summed E-state index contributed by atoms with van der Waals surface area (Å²) in [4.78, 5) is 16.4. The topological polar surface area (TPSA) is 33.2 Å². The average Bonchev–Trinajstić information content (AvgIpc) is 2.60. The number of aromatic nitrogens is 1. The molecule has 0 bridgehead atoms. The molecule has 19 heavy (non-hydrogen) atoms. The minimum Gasteiger partial charge on any atom is -0.314 e. The van der Waals surface area contributed by atoms with Gasteiger partial charge < -0.3 is 4.90 Å². The summed E-state index contributed by atoms with van der Waals surface area (Å²) >= 11 is 0. The van der Waals surface area contributed by atoms with Crippen LogP contribution >= 0.6 is 0 Å². The van der Waals surface area contributed by atoms with Crippen LogP contribution in [0.1, 0.15) is 44.9 Å². The lowest BCUT2D eigenvalue weighted by atomic mass is 9.88. The van der Waals surface area contributed by atoms with Gasteiger partial charge in [-0.05, 0) is 6.07 Å². The molecule has 0 unspecified atom stereocenters. The van der Waals surface area contributed by atoms with Gasteiger partial charge >= 0.3 is 0 Å². The summed E-state index contributed by atoms with van der Waals surface area (Å²) in [6.07, 6.45) is 2.32. The molecule has 0 aliphatic carbocycles. The highest BCUT2D eigenvalue weighted by molar-refractivity contribution is 5.81. The molecule has 1 aliphatic heterocycles. The van der Waals surface area contributed by atoms with Crippen LogP contribution in [-0.2, 0) is 16.1 Å². The van der Waals surface area contributed by atoms with E-state index in [0.717, 1.165) is 5.56 Å². The van der Waals surface area contributed by atoms with Crippen molar-refractivity contribution in [2.45, 2.75) is 45.0 Å². The highest BCUT2D eigenvalue weighted by Gasteiger charge is 2.39. The molecule has 0 N–H and O–H groups in total. The molecule has 0 spiro atoms. The number of nitrogens with zero attached hydrogens (tertiary/aromatic N) is 2. The molecule has 2 rings (SSSR count). The Morgan fingerprint density at radius 3 is 2.79 bits per heavy atom. The largest absolute Gasteiger partial charge is 0.314 e. The third kappa shape index (κ3) is 2.33. The van der Waals surface area contributed by atoms with Gasteiger partial charge in [0, 0.05) is 30.1 Å². The van der Waals surface area contributed by atoms with Gasteiger partial charge in [0.1, 0.15) is 5.69 Å². The highest BCUT2D eigenvalue weighted by atomic mass is 19.3. The zero-order valence-corrected chi connectivity index (χ0v) is 11.4. The zero-order valence-electron chi connectivity index (χ0n) is 11.4. The third-order valence-corrected chi connectivity index (χ3v) is 3.55. The van der Waals surface area contributed by atoms with Crippen LogP contribution in [0.25, 0.3) is 0 Å². The van der Waals surface area contributed by atoms with E-state index in [1.54, 1.807) is 6.92 Å². The fourth-order valence-electron chi connectivity index (χ4n) is 2.54. The zero-order chi connectivity index (χ0) is 14.3. The van der Waals surface area contributed by atoms with Gasteiger partial charge in [-0.3, -0.25) is 9.78 Å². The Balaban J connectivity index is 2.47. The first-order valence-corrected chi connectivity index (χ1v) is 6.42. The van der Waals surface area contributed by atoms with Gasteiger partial charge in [0.2, 0.25) is 6.41 Å². The maximum Gasteiger partial charge on any atom is 0.289 e. The number of halogens is 2. The number of hydrogen-bond donors (Lipinski definition) is 0. The lowest BCUT2D eigenvalue weighted by Gasteiger charge is -2.18. The first-order chi connectivity index (χ1) is 8.81. The van der Waals surface area contributed by atoms with Gasteiger partial charge in [0.05, 0.1) is 5.69 Å². The van der Waals surface area contributed by atoms with Crippen LogP contribution in [0.4, 0.5) is 14.5 Å². The number of anilines is 1. The molecule has 3 nitrogen and oxygen atoms in total. The predicted molar refractivity (Wildman–Crippen MR) is 69.5 cm³/mol. The van der Waals surface area contributed by atoms with Gasteiger partial charge in [-0.25, -0.2) is 0 Å². The van der Waals surface area contributed by atoms with E-state index in [9.17, 15) is 13.6 Å². The van der Waals surface area contributed by atoms with Crippen molar-refractivity contribution in [3.8, 4) is 0 Å². The van der Waals surface area contributed by atoms with Crippen LogP contribution in [0.15, 0.2) is 12.3 Å². The molecular formula is C14H18F2N2O. The minimum absolute atomic E-state index is 0.233. The van der Waals surface area contributed by atoms with Crippen molar-refractivity contribution in [3.05, 3.63) is 23.5 Å². The fraction of sp³-hybridized carbons (Fsp3) is 0.571. The summed E-state index contributed by atoms with van der Waals surface area (Å²) < 4.78 is 27.8. The summed E-state index contributed by atoms with van der Waals surface area (Å²) in [6, 6.07) is 1.36. The van der Waals surface area contributed by atoms with Crippen LogP contribution in [0.3, 0.4) is 0 Å². The Labute approximate surface area is 111 Å². The van der Waals surface area contributed by atoms with Crippen LogP contribution in [-0.4, -0.2) is 17.9 Å². The Hall–Kier alpha value is -1.52. The van der Waals surface area contributed by atoms with E-state index in [1.165, 1.54) is 17.2 Å². The lowest BCUT2D eigenvalue weighted by Crippen LogP contribution is -2.27. The predicted octanol–water partition coefficient (Wildman–Crippen LogP) is 3.23. The molecule has 0 saturated carbocycles. The van der Waals surface area contributed by atoms with Crippen LogP contribution in [0, 0.1) is 0 Å². The molecule has 0 fully saturated rings. The number of fused-ring (bicyclic) bond motifs is 1. The standard InChI is InChI=1S/C14H18F2N2O/c1-4-5-14(15,16)12-6-11-10(7-17-12)13(2,3)8-18(11)9-19/h6-7,9H,4-5,8H2,1-3H3. The number of hydrogen-bond acceptors (Lipinski definition) is 2. The lowest BCUT2D eigenvalue weighted by molar-refractivity contribution is -0.107. The number of rotatable bonds is 4. The monoisotopic (exact) mass is 268 g/mol. The summed E-state index contributed by atoms with van der Waals surface area (Å²) in [5.74, 6) is -2.94. The minimum atomic E-state index is -2.94. The Morgan fingerprint density at radius 2 is 2.21 bits per heavy atom. The molecule has 0 saturated heterocycles. The van der Waals surface area contributed by atoms with E-state index < -0.39 is 5.92 Å². The van der Waals surface area contributed by atoms with Gasteiger partial charge in [0.25, 0.3) is 5.92 Å². The van der Waals surface area contributed by atoms with Crippen molar-refractivity contribution in [2.75, 3.05) is 11.4 Å². The van der Waals surface area contributed by atoms with E-state index in [0.29, 0.717) is 25.1 Å². The average molecular weight is 268 g/mol. The van der Waals surface area contributed by atoms with Crippen molar-refractivity contribution < 1.29 is 13.6 Å². The number of alkyl halides is 2. The summed E-state index contributed by atoms with van der Waals surface area (Å²) in [6.45, 7) is 6.15. The first kappa shape index (κ1) is 13.9. The summed E-state index contributed by atoms with van der Waals surface area (Å²) in [7, 11) is 0. The van der Waals surface area contributed by atoms with Gasteiger partial charge in [-0.2, -0.15) is 8.78 Å². The quantitative estimate of drug-likeness (QED) is 0.785. The maximum atomic E-state index is 13.9. The van der Waals surface area contributed by atoms with Gasteiger partial charge in [0.15, 0.2) is 0 Å². The summed E-state index contributed by atoms with van der Waals surface area (Å²) in [5, 5.41) is 0. The van der Waals surface area contributed by atoms with Crippen molar-refractivity contribution in [1.29, 1.82) is 0 Å². The molecule has 104 valence electrons. The van der Waals surface area contributed by atoms with Crippen LogP contribution < -0.4 is 4.90 Å². The molecule has 2 heterocycles. The molecular weight excluding hydrogens is 250 g/mol. The summed E-state index contributed by atoms with van der Waals surface area (Å²) in [5.41, 5.74) is 0.899. The SMILES string of the molecule is CCCC(F)(F)c1cc2c(cn1)C(C)(C)CN2C=O. The van der Waals surface area contributed by atoms with Crippen molar-refractivity contribution >= 4 is 12.1 Å². The molecule has 1 aromatic heterocycles. The second-order valence-electron chi connectivity index (χ2n) is 5.66. The highest BCUT2D eigenvalue weighted by Crippen LogP contribution is 2.42. The Kier molecular flexibility index (Phi) is 3.32. The van der Waals surface area contributed by atoms with Crippen molar-refractivity contribution in [1.82, 2.24) is 4.98 Å². The maximum absolute atomic E-state index is 13.9. The number of carbonyl (C=O) groups is 1. The van der Waals surface area contributed by atoms with Crippen molar-refractivity contribution in [2.24, 2.45) is 0 Å². The fourth-order valence-corrected chi connectivity index (χ4v) is 2.54. The normalized spacial score (nSPS) is 17.4. The molecule has 0 atom stereocenters. The first-order valence-electron chi connectivity index (χ1n) is 6.42. The molecule has 1 aliphatic rings. The van der Waals surface area contributed by atoms with Crippen LogP contribution in [0.2, 0.25) is 0 Å². The van der Waals surface area contributed by atoms with E-state index in [-0.39, 0.29) is 17.5 Å². The van der Waals surface area contributed by atoms with Gasteiger partial charge in [-0.15, -0.1) is 0 Å². The third-order valence-electron chi connectivity index (χ3n) is 3.55. The second-order valence-corrected chi connectivity index (χ2v) is 5.66. The van der Waals surface area contributed by atoms with Gasteiger partial charge in [-0.1, -0.05) is 27.2 Å². The van der Waals surface area contributed by atoms with E-state index in [4.69, 9.17) is 0 Å². The van der Waals surface area contributed by atoms with E-state index in [1.807, 2.05) is 13.8 Å². The second kappa shape index (κ2) is 4.54. The number of pyridine rings is 1. The van der Waals surface area contributed by atoms with Crippen molar-refractivity contribution in [3.63, 3.8) is 0 Å². The number of carbonyl (C=O) groups excluding carboxylic acids is 1. The molecule has 5 heteroatoms. The molecule has 0 radical (unpaired) electrons. The van der Waals surface area contributed by atoms with E-state index in [2.05, 4.69) is 4.98 Å². The molecule has 0 aromatic carbocycles. The van der Waals surface area contributed by atoms with E-state index >= 15 is 0 Å². The molecule has 1 aromatic rings. The molecule has 1 amide bonds. The Morgan fingerprint density at radius 1 is 1.53 bits per heavy atom. The smallest absolute Gasteiger partial charge is 0.289 e. The Bertz CT molecular complexity index is 500.